The maximum atomic E-state index is 11.0. The minimum atomic E-state index is -1.66. The number of carbonyl (C=O) groups is 1. The molecule has 0 aromatic heterocycles. The molecule has 108 valence electrons. The van der Waals surface area contributed by atoms with Crippen LogP contribution in [-0.2, 0) is 10.4 Å². The molecule has 0 radical (unpaired) electrons. The van der Waals surface area contributed by atoms with Crippen LogP contribution in [0.15, 0.2) is 12.1 Å². The molecular weight excluding hydrogens is 266 g/mol. The van der Waals surface area contributed by atoms with Gasteiger partial charge in [-0.3, -0.25) is 14.9 Å². The molecule has 0 saturated carbocycles. The molecule has 7 nitrogen and oxygen atoms in total. The summed E-state index contributed by atoms with van der Waals surface area (Å²) in [6.07, 6.45) is -0.812. The van der Waals surface area contributed by atoms with Crippen LogP contribution in [0, 0.1) is 17.0 Å². The molecule has 2 atom stereocenters. The van der Waals surface area contributed by atoms with Crippen molar-refractivity contribution in [3.8, 4) is 5.75 Å². The Bertz CT molecular complexity index is 584. The number of carboxylic acids is 1. The summed E-state index contributed by atoms with van der Waals surface area (Å²) in [5.74, 6) is -0.869. The van der Waals surface area contributed by atoms with Gasteiger partial charge in [0.2, 0.25) is 0 Å². The highest BCUT2D eigenvalue weighted by molar-refractivity contribution is 5.69. The van der Waals surface area contributed by atoms with Gasteiger partial charge in [-0.2, -0.15) is 0 Å². The largest absolute Gasteiger partial charge is 0.490 e. The van der Waals surface area contributed by atoms with Crippen molar-refractivity contribution in [2.75, 3.05) is 0 Å². The third-order valence-corrected chi connectivity index (χ3v) is 3.39. The van der Waals surface area contributed by atoms with Crippen LogP contribution in [0.4, 0.5) is 5.69 Å². The van der Waals surface area contributed by atoms with Gasteiger partial charge in [0.05, 0.1) is 17.4 Å². The fourth-order valence-corrected chi connectivity index (χ4v) is 2.59. The quantitative estimate of drug-likeness (QED) is 0.645. The lowest BCUT2D eigenvalue weighted by molar-refractivity contribution is -0.385. The fraction of sp³-hybridized carbons (Fsp3) is 0.462. The van der Waals surface area contributed by atoms with Gasteiger partial charge in [0, 0.05) is 23.6 Å². The monoisotopic (exact) mass is 281 g/mol. The summed E-state index contributed by atoms with van der Waals surface area (Å²) in [5, 5.41) is 30.5. The third kappa shape index (κ3) is 2.44. The minimum absolute atomic E-state index is 0.0759. The lowest BCUT2D eigenvalue weighted by atomic mass is 9.82. The number of carboxylic acid groups (broad SMARTS) is 1. The zero-order chi connectivity index (χ0) is 15.1. The number of rotatable bonds is 3. The number of nitro groups is 1. The normalized spacial score (nSPS) is 24.6. The number of aryl methyl sites for hydroxylation is 1. The summed E-state index contributed by atoms with van der Waals surface area (Å²) < 4.78 is 5.55. The van der Waals surface area contributed by atoms with E-state index >= 15 is 0 Å². The molecule has 2 rings (SSSR count). The van der Waals surface area contributed by atoms with Crippen molar-refractivity contribution in [2.24, 2.45) is 0 Å². The first-order chi connectivity index (χ1) is 9.23. The zero-order valence-corrected chi connectivity index (χ0v) is 11.1. The van der Waals surface area contributed by atoms with Crippen molar-refractivity contribution < 1.29 is 24.7 Å². The van der Waals surface area contributed by atoms with E-state index in [0.29, 0.717) is 11.3 Å². The van der Waals surface area contributed by atoms with Gasteiger partial charge in [-0.05, 0) is 19.9 Å². The Kier molecular flexibility index (Phi) is 3.39. The molecule has 0 unspecified atom stereocenters. The van der Waals surface area contributed by atoms with Gasteiger partial charge >= 0.3 is 5.97 Å². The van der Waals surface area contributed by atoms with E-state index in [-0.39, 0.29) is 23.8 Å². The van der Waals surface area contributed by atoms with E-state index in [2.05, 4.69) is 0 Å². The summed E-state index contributed by atoms with van der Waals surface area (Å²) in [6.45, 7) is 3.28. The van der Waals surface area contributed by atoms with Crippen LogP contribution in [0.1, 0.15) is 30.9 Å². The predicted molar refractivity (Wildman–Crippen MR) is 68.7 cm³/mol. The minimum Gasteiger partial charge on any atom is -0.490 e. The summed E-state index contributed by atoms with van der Waals surface area (Å²) in [7, 11) is 0. The van der Waals surface area contributed by atoms with Crippen LogP contribution in [0.2, 0.25) is 0 Å². The van der Waals surface area contributed by atoms with Gasteiger partial charge in [0.25, 0.3) is 5.69 Å². The second kappa shape index (κ2) is 4.75. The molecule has 1 aromatic rings. The summed E-state index contributed by atoms with van der Waals surface area (Å²) >= 11 is 0. The van der Waals surface area contributed by atoms with Gasteiger partial charge in [0.1, 0.15) is 11.4 Å². The number of ether oxygens (including phenoxy) is 1. The van der Waals surface area contributed by atoms with Crippen LogP contribution >= 0.6 is 0 Å². The molecular formula is C13H15NO6. The van der Waals surface area contributed by atoms with Gasteiger partial charge in [0.15, 0.2) is 0 Å². The molecule has 0 spiro atoms. The predicted octanol–water partition coefficient (Wildman–Crippen LogP) is 1.74. The Balaban J connectivity index is 2.60. The van der Waals surface area contributed by atoms with Crippen LogP contribution < -0.4 is 4.74 Å². The number of aliphatic hydroxyl groups is 1. The Hall–Kier alpha value is -2.15. The Morgan fingerprint density at radius 3 is 2.80 bits per heavy atom. The number of nitro benzene ring substituents is 1. The topological polar surface area (TPSA) is 110 Å². The molecule has 0 fully saturated rings. The van der Waals surface area contributed by atoms with Gasteiger partial charge < -0.3 is 14.9 Å². The first-order valence-corrected chi connectivity index (χ1v) is 6.13. The molecule has 0 saturated heterocycles. The molecule has 20 heavy (non-hydrogen) atoms. The molecule has 7 heteroatoms. The Morgan fingerprint density at radius 1 is 1.60 bits per heavy atom. The van der Waals surface area contributed by atoms with E-state index in [1.54, 1.807) is 13.8 Å². The average molecular weight is 281 g/mol. The summed E-state index contributed by atoms with van der Waals surface area (Å²) in [6, 6.07) is 2.68. The van der Waals surface area contributed by atoms with Crippen molar-refractivity contribution in [3.05, 3.63) is 33.4 Å². The number of benzene rings is 1. The maximum absolute atomic E-state index is 11.0. The second-order valence-corrected chi connectivity index (χ2v) is 5.13. The highest BCUT2D eigenvalue weighted by Crippen LogP contribution is 2.44. The Labute approximate surface area is 114 Å². The van der Waals surface area contributed by atoms with Crippen molar-refractivity contribution in [3.63, 3.8) is 0 Å². The molecule has 0 bridgehead atoms. The summed E-state index contributed by atoms with van der Waals surface area (Å²) in [5.41, 5.74) is -1.25. The fourth-order valence-electron chi connectivity index (χ4n) is 2.59. The van der Waals surface area contributed by atoms with E-state index in [0.717, 1.165) is 0 Å². The highest BCUT2D eigenvalue weighted by Gasteiger charge is 2.42. The first kappa shape index (κ1) is 14.3. The number of hydrogen-bond donors (Lipinski definition) is 2. The molecule has 0 aliphatic carbocycles. The van der Waals surface area contributed by atoms with Crippen molar-refractivity contribution >= 4 is 11.7 Å². The van der Waals surface area contributed by atoms with Crippen molar-refractivity contribution in [2.45, 2.75) is 38.4 Å². The highest BCUT2D eigenvalue weighted by atomic mass is 16.6. The molecule has 2 N–H and O–H groups in total. The second-order valence-electron chi connectivity index (χ2n) is 5.13. The molecule has 1 aromatic carbocycles. The van der Waals surface area contributed by atoms with Gasteiger partial charge in [-0.1, -0.05) is 0 Å². The van der Waals surface area contributed by atoms with Crippen molar-refractivity contribution in [1.82, 2.24) is 0 Å². The van der Waals surface area contributed by atoms with Gasteiger partial charge in [-0.25, -0.2) is 0 Å². The van der Waals surface area contributed by atoms with Crippen LogP contribution in [-0.4, -0.2) is 27.2 Å². The zero-order valence-electron chi connectivity index (χ0n) is 11.1. The van der Waals surface area contributed by atoms with Crippen LogP contribution in [0.25, 0.3) is 0 Å². The van der Waals surface area contributed by atoms with E-state index in [4.69, 9.17) is 9.84 Å². The van der Waals surface area contributed by atoms with E-state index in [9.17, 15) is 20.0 Å². The molecule has 1 heterocycles. The molecule has 1 aliphatic heterocycles. The number of fused-ring (bicyclic) bond motifs is 1. The molecule has 0 amide bonds. The lowest BCUT2D eigenvalue weighted by Gasteiger charge is -2.36. The van der Waals surface area contributed by atoms with Gasteiger partial charge in [-0.15, -0.1) is 0 Å². The standard InChI is InChI=1S/C13H15NO6/c1-7-3-11-9(4-10(7)14(18)19)13(17,6-12(15)16)5-8(2)20-11/h3-4,8,17H,5-6H2,1-2H3,(H,15,16)/t8-,13-/m1/s1. The summed E-state index contributed by atoms with van der Waals surface area (Å²) in [4.78, 5) is 21.4. The lowest BCUT2D eigenvalue weighted by Crippen LogP contribution is -2.39. The van der Waals surface area contributed by atoms with E-state index < -0.39 is 22.9 Å². The van der Waals surface area contributed by atoms with E-state index in [1.165, 1.54) is 12.1 Å². The SMILES string of the molecule is Cc1cc2c(cc1[N+](=O)[O-])[C@](O)(CC(=O)O)C[C@@H](C)O2. The number of aliphatic carboxylic acids is 1. The number of hydrogen-bond acceptors (Lipinski definition) is 5. The third-order valence-electron chi connectivity index (χ3n) is 3.39. The Morgan fingerprint density at radius 2 is 2.25 bits per heavy atom. The van der Waals surface area contributed by atoms with Crippen LogP contribution in [0.5, 0.6) is 5.75 Å². The van der Waals surface area contributed by atoms with Crippen molar-refractivity contribution in [1.29, 1.82) is 0 Å². The smallest absolute Gasteiger partial charge is 0.306 e. The maximum Gasteiger partial charge on any atom is 0.306 e. The van der Waals surface area contributed by atoms with E-state index in [1.807, 2.05) is 0 Å². The first-order valence-electron chi connectivity index (χ1n) is 6.13. The molecule has 1 aliphatic rings. The number of nitrogens with zero attached hydrogens (tertiary/aromatic N) is 1. The average Bonchev–Trinajstić information content (AvgIpc) is 2.25. The van der Waals surface area contributed by atoms with Crippen LogP contribution in [0.3, 0.4) is 0 Å².